The Balaban J connectivity index is 0.00000196. The SMILES string of the molecule is CN=C(NCc1ccccc1OC)NC1C2CCOC2C12CCCC2.I. The third-order valence-electron chi connectivity index (χ3n) is 6.44. The first-order chi connectivity index (χ1) is 12.3. The maximum Gasteiger partial charge on any atom is 0.191 e. The first kappa shape index (κ1) is 19.7. The van der Waals surface area contributed by atoms with E-state index in [0.717, 1.165) is 23.9 Å². The lowest BCUT2D eigenvalue weighted by Crippen LogP contribution is -2.69. The molecule has 2 aliphatic carbocycles. The van der Waals surface area contributed by atoms with Crippen LogP contribution in [0.2, 0.25) is 0 Å². The highest BCUT2D eigenvalue weighted by atomic mass is 127. The molecule has 3 fully saturated rings. The number of halogens is 1. The molecule has 1 saturated heterocycles. The zero-order valence-electron chi connectivity index (χ0n) is 15.7. The van der Waals surface area contributed by atoms with E-state index in [9.17, 15) is 0 Å². The van der Waals surface area contributed by atoms with Crippen LogP contribution in [0.3, 0.4) is 0 Å². The minimum absolute atomic E-state index is 0. The van der Waals surface area contributed by atoms with Gasteiger partial charge in [-0.1, -0.05) is 31.0 Å². The largest absolute Gasteiger partial charge is 0.496 e. The number of ether oxygens (including phenoxy) is 2. The Kier molecular flexibility index (Phi) is 6.33. The van der Waals surface area contributed by atoms with Gasteiger partial charge in [0.2, 0.25) is 0 Å². The van der Waals surface area contributed by atoms with E-state index in [1.807, 2.05) is 25.2 Å². The van der Waals surface area contributed by atoms with E-state index in [1.165, 1.54) is 32.1 Å². The fourth-order valence-corrected chi connectivity index (χ4v) is 5.27. The number of fused-ring (bicyclic) bond motifs is 2. The lowest BCUT2D eigenvalue weighted by Gasteiger charge is -2.57. The maximum atomic E-state index is 6.08. The minimum atomic E-state index is 0. The van der Waals surface area contributed by atoms with E-state index in [1.54, 1.807) is 7.11 Å². The van der Waals surface area contributed by atoms with E-state index in [-0.39, 0.29) is 24.0 Å². The summed E-state index contributed by atoms with van der Waals surface area (Å²) in [5.41, 5.74) is 1.47. The third kappa shape index (κ3) is 3.30. The van der Waals surface area contributed by atoms with Crippen LogP contribution in [-0.2, 0) is 11.3 Å². The maximum absolute atomic E-state index is 6.08. The smallest absolute Gasteiger partial charge is 0.191 e. The standard InChI is InChI=1S/C20H29N3O2.HI/c1-21-19(22-13-14-7-3-4-8-16(14)24-2)23-17-15-9-12-25-18(15)20(17)10-5-6-11-20;/h3-4,7-8,15,17-18H,5-6,9-13H2,1-2H3,(H2,21,22,23);1H. The summed E-state index contributed by atoms with van der Waals surface area (Å²) in [6, 6.07) is 8.60. The Morgan fingerprint density at radius 3 is 2.81 bits per heavy atom. The topological polar surface area (TPSA) is 54.9 Å². The van der Waals surface area contributed by atoms with Crippen molar-refractivity contribution in [3.8, 4) is 5.75 Å². The molecule has 3 atom stereocenters. The molecule has 1 heterocycles. The zero-order valence-corrected chi connectivity index (χ0v) is 18.0. The van der Waals surface area contributed by atoms with Crippen molar-refractivity contribution in [1.29, 1.82) is 0 Å². The van der Waals surface area contributed by atoms with Gasteiger partial charge >= 0.3 is 0 Å². The van der Waals surface area contributed by atoms with Crippen molar-refractivity contribution >= 4 is 29.9 Å². The molecule has 2 saturated carbocycles. The van der Waals surface area contributed by atoms with Gasteiger partial charge in [0.15, 0.2) is 5.96 Å². The number of hydrogen-bond acceptors (Lipinski definition) is 3. The normalized spacial score (nSPS) is 28.8. The van der Waals surface area contributed by atoms with Gasteiger partial charge in [-0.2, -0.15) is 0 Å². The highest BCUT2D eigenvalue weighted by Gasteiger charge is 2.65. The Bertz CT molecular complexity index is 646. The third-order valence-corrected chi connectivity index (χ3v) is 6.44. The molecule has 26 heavy (non-hydrogen) atoms. The molecule has 2 N–H and O–H groups in total. The molecular formula is C20H30IN3O2. The van der Waals surface area contributed by atoms with E-state index < -0.39 is 0 Å². The summed E-state index contributed by atoms with van der Waals surface area (Å²) in [6.45, 7) is 1.62. The minimum Gasteiger partial charge on any atom is -0.496 e. The van der Waals surface area contributed by atoms with E-state index in [2.05, 4.69) is 21.7 Å². The molecule has 5 nitrogen and oxygen atoms in total. The first-order valence-electron chi connectivity index (χ1n) is 9.49. The second kappa shape index (κ2) is 8.33. The molecule has 0 aromatic heterocycles. The van der Waals surface area contributed by atoms with Gasteiger partial charge in [-0.3, -0.25) is 4.99 Å². The van der Waals surface area contributed by atoms with Crippen molar-refractivity contribution in [1.82, 2.24) is 10.6 Å². The Labute approximate surface area is 173 Å². The molecule has 3 aliphatic rings. The van der Waals surface area contributed by atoms with Crippen molar-refractivity contribution in [2.24, 2.45) is 16.3 Å². The lowest BCUT2D eigenvalue weighted by atomic mass is 9.54. The number of methoxy groups -OCH3 is 1. The van der Waals surface area contributed by atoms with Crippen molar-refractivity contribution < 1.29 is 9.47 Å². The number of nitrogens with one attached hydrogen (secondary N) is 2. The molecule has 144 valence electrons. The predicted molar refractivity (Wildman–Crippen MR) is 114 cm³/mol. The first-order valence-corrected chi connectivity index (χ1v) is 9.49. The summed E-state index contributed by atoms with van der Waals surface area (Å²) in [5, 5.41) is 7.20. The quantitative estimate of drug-likeness (QED) is 0.402. The van der Waals surface area contributed by atoms with E-state index in [0.29, 0.717) is 30.0 Å². The Hall–Kier alpha value is -1.02. The van der Waals surface area contributed by atoms with Crippen LogP contribution in [0.25, 0.3) is 0 Å². The molecule has 4 rings (SSSR count). The lowest BCUT2D eigenvalue weighted by molar-refractivity contribution is -0.125. The summed E-state index contributed by atoms with van der Waals surface area (Å²) in [7, 11) is 3.56. The van der Waals surface area contributed by atoms with Crippen LogP contribution < -0.4 is 15.4 Å². The molecule has 6 heteroatoms. The molecule has 0 bridgehead atoms. The monoisotopic (exact) mass is 471 g/mol. The summed E-state index contributed by atoms with van der Waals surface area (Å²) in [5.74, 6) is 2.43. The highest BCUT2D eigenvalue weighted by Crippen LogP contribution is 2.60. The van der Waals surface area contributed by atoms with Gasteiger partial charge in [-0.25, -0.2) is 0 Å². The van der Waals surface area contributed by atoms with Crippen LogP contribution in [0.4, 0.5) is 0 Å². The average molecular weight is 471 g/mol. The molecule has 1 spiro atoms. The number of rotatable bonds is 4. The molecule has 0 radical (unpaired) electrons. The van der Waals surface area contributed by atoms with Crippen LogP contribution in [-0.4, -0.2) is 38.9 Å². The van der Waals surface area contributed by atoms with Crippen molar-refractivity contribution in [3.63, 3.8) is 0 Å². The summed E-state index contributed by atoms with van der Waals surface area (Å²) in [6.07, 6.45) is 6.88. The van der Waals surface area contributed by atoms with Crippen LogP contribution in [0, 0.1) is 11.3 Å². The highest BCUT2D eigenvalue weighted by molar-refractivity contribution is 14.0. The number of guanidine groups is 1. The van der Waals surface area contributed by atoms with Gasteiger partial charge in [-0.15, -0.1) is 24.0 Å². The summed E-state index contributed by atoms with van der Waals surface area (Å²) >= 11 is 0. The molecule has 3 unspecified atom stereocenters. The number of nitrogens with zero attached hydrogens (tertiary/aromatic N) is 1. The van der Waals surface area contributed by atoms with Gasteiger partial charge < -0.3 is 20.1 Å². The molecule has 1 aliphatic heterocycles. The number of aliphatic imine (C=N–C) groups is 1. The van der Waals surface area contributed by atoms with E-state index in [4.69, 9.17) is 9.47 Å². The summed E-state index contributed by atoms with van der Waals surface area (Å²) in [4.78, 5) is 4.46. The summed E-state index contributed by atoms with van der Waals surface area (Å²) < 4.78 is 11.5. The molecule has 0 amide bonds. The molecular weight excluding hydrogens is 441 g/mol. The second-order valence-corrected chi connectivity index (χ2v) is 7.54. The van der Waals surface area contributed by atoms with Crippen molar-refractivity contribution in [3.05, 3.63) is 29.8 Å². The van der Waals surface area contributed by atoms with Gasteiger partial charge in [-0.05, 0) is 25.3 Å². The van der Waals surface area contributed by atoms with Gasteiger partial charge in [0.1, 0.15) is 5.75 Å². The molecule has 1 aromatic carbocycles. The second-order valence-electron chi connectivity index (χ2n) is 7.54. The van der Waals surface area contributed by atoms with Gasteiger partial charge in [0.05, 0.1) is 13.2 Å². The average Bonchev–Trinajstić information content (AvgIpc) is 3.31. The van der Waals surface area contributed by atoms with Crippen LogP contribution in [0.15, 0.2) is 29.3 Å². The number of para-hydroxylation sites is 1. The fraction of sp³-hybridized carbons (Fsp3) is 0.650. The molecule has 1 aromatic rings. The van der Waals surface area contributed by atoms with Crippen molar-refractivity contribution in [2.75, 3.05) is 20.8 Å². The predicted octanol–water partition coefficient (Wildman–Crippen LogP) is 3.33. The number of hydrogen-bond donors (Lipinski definition) is 2. The van der Waals surface area contributed by atoms with E-state index >= 15 is 0 Å². The number of benzene rings is 1. The van der Waals surface area contributed by atoms with Crippen LogP contribution in [0.1, 0.15) is 37.7 Å². The zero-order chi connectivity index (χ0) is 17.3. The fourth-order valence-electron chi connectivity index (χ4n) is 5.27. The van der Waals surface area contributed by atoms with Gasteiger partial charge in [0.25, 0.3) is 0 Å². The van der Waals surface area contributed by atoms with Crippen LogP contribution >= 0.6 is 24.0 Å². The van der Waals surface area contributed by atoms with Crippen LogP contribution in [0.5, 0.6) is 5.75 Å². The van der Waals surface area contributed by atoms with Crippen molar-refractivity contribution in [2.45, 2.75) is 50.8 Å². The Morgan fingerprint density at radius 2 is 2.08 bits per heavy atom. The van der Waals surface area contributed by atoms with Gasteiger partial charge in [0, 0.05) is 43.1 Å². The Morgan fingerprint density at radius 1 is 1.31 bits per heavy atom.